The molecular formula is C19H25BrN4O. The van der Waals surface area contributed by atoms with Crippen LogP contribution in [0.2, 0.25) is 0 Å². The van der Waals surface area contributed by atoms with Gasteiger partial charge >= 0.3 is 0 Å². The SMILES string of the molecule is CCCCN(C)C(=O)C1CCN(c2ccnc3cc(Br)cnc23)CC1. The third-order valence-electron chi connectivity index (χ3n) is 4.93. The molecule has 0 aliphatic carbocycles. The van der Waals surface area contributed by atoms with E-state index in [0.717, 1.165) is 66.5 Å². The molecule has 3 heterocycles. The Hall–Kier alpha value is -1.69. The van der Waals surface area contributed by atoms with Gasteiger partial charge in [-0.25, -0.2) is 0 Å². The van der Waals surface area contributed by atoms with E-state index >= 15 is 0 Å². The molecule has 2 aromatic heterocycles. The highest BCUT2D eigenvalue weighted by Crippen LogP contribution is 2.29. The molecule has 5 nitrogen and oxygen atoms in total. The van der Waals surface area contributed by atoms with Gasteiger partial charge in [0.1, 0.15) is 5.52 Å². The van der Waals surface area contributed by atoms with Crippen molar-refractivity contribution in [2.45, 2.75) is 32.6 Å². The number of pyridine rings is 2. The molecule has 0 spiro atoms. The normalized spacial score (nSPS) is 15.6. The summed E-state index contributed by atoms with van der Waals surface area (Å²) in [5.74, 6) is 0.447. The second kappa shape index (κ2) is 8.13. The molecule has 0 radical (unpaired) electrons. The Morgan fingerprint density at radius 1 is 1.36 bits per heavy atom. The second-order valence-electron chi connectivity index (χ2n) is 6.73. The van der Waals surface area contributed by atoms with E-state index in [1.54, 1.807) is 0 Å². The van der Waals surface area contributed by atoms with Gasteiger partial charge in [0.2, 0.25) is 5.91 Å². The Labute approximate surface area is 157 Å². The van der Waals surface area contributed by atoms with E-state index in [1.165, 1.54) is 0 Å². The van der Waals surface area contributed by atoms with Gasteiger partial charge in [0.25, 0.3) is 0 Å². The van der Waals surface area contributed by atoms with Crippen LogP contribution in [0.3, 0.4) is 0 Å². The summed E-state index contributed by atoms with van der Waals surface area (Å²) >= 11 is 3.45. The Bertz CT molecular complexity index is 743. The number of piperidine rings is 1. The number of aromatic nitrogens is 2. The molecule has 0 saturated carbocycles. The van der Waals surface area contributed by atoms with Gasteiger partial charge in [-0.2, -0.15) is 0 Å². The average molecular weight is 405 g/mol. The van der Waals surface area contributed by atoms with Crippen molar-refractivity contribution >= 4 is 38.6 Å². The van der Waals surface area contributed by atoms with Crippen LogP contribution in [-0.2, 0) is 4.79 Å². The number of hydrogen-bond acceptors (Lipinski definition) is 4. The van der Waals surface area contributed by atoms with Gasteiger partial charge in [-0.05, 0) is 47.3 Å². The summed E-state index contributed by atoms with van der Waals surface area (Å²) in [5.41, 5.74) is 2.93. The van der Waals surface area contributed by atoms with Crippen LogP contribution in [0.4, 0.5) is 5.69 Å². The van der Waals surface area contributed by atoms with Crippen LogP contribution in [0.25, 0.3) is 11.0 Å². The smallest absolute Gasteiger partial charge is 0.225 e. The van der Waals surface area contributed by atoms with Crippen LogP contribution in [-0.4, -0.2) is 47.5 Å². The van der Waals surface area contributed by atoms with Crippen molar-refractivity contribution in [1.29, 1.82) is 0 Å². The van der Waals surface area contributed by atoms with Crippen LogP contribution in [0.5, 0.6) is 0 Å². The molecule has 1 saturated heterocycles. The lowest BCUT2D eigenvalue weighted by atomic mass is 9.95. The standard InChI is InChI=1S/C19H25BrN4O/c1-3-4-9-23(2)19(25)14-6-10-24(11-7-14)17-5-8-21-16-12-15(20)13-22-18(16)17/h5,8,12-14H,3-4,6-7,9-11H2,1-2H3. The van der Waals surface area contributed by atoms with Gasteiger partial charge in [0, 0.05) is 49.5 Å². The number of halogens is 1. The van der Waals surface area contributed by atoms with E-state index in [4.69, 9.17) is 0 Å². The number of anilines is 1. The van der Waals surface area contributed by atoms with Gasteiger partial charge in [-0.1, -0.05) is 13.3 Å². The second-order valence-corrected chi connectivity index (χ2v) is 7.64. The average Bonchev–Trinajstić information content (AvgIpc) is 2.65. The number of nitrogens with zero attached hydrogens (tertiary/aromatic N) is 4. The predicted molar refractivity (Wildman–Crippen MR) is 105 cm³/mol. The summed E-state index contributed by atoms with van der Waals surface area (Å²) in [7, 11) is 1.93. The van der Waals surface area contributed by atoms with Gasteiger partial charge in [-0.3, -0.25) is 14.8 Å². The first-order valence-electron chi connectivity index (χ1n) is 9.00. The highest BCUT2D eigenvalue weighted by molar-refractivity contribution is 9.10. The molecule has 0 unspecified atom stereocenters. The molecule has 1 amide bonds. The molecular weight excluding hydrogens is 380 g/mol. The quantitative estimate of drug-likeness (QED) is 0.758. The summed E-state index contributed by atoms with van der Waals surface area (Å²) in [4.78, 5) is 25.8. The van der Waals surface area contributed by atoms with Gasteiger partial charge in [0.15, 0.2) is 0 Å². The zero-order valence-corrected chi connectivity index (χ0v) is 16.5. The van der Waals surface area contributed by atoms with Gasteiger partial charge in [0.05, 0.1) is 11.2 Å². The molecule has 0 atom stereocenters. The minimum Gasteiger partial charge on any atom is -0.370 e. The molecule has 1 aliphatic rings. The summed E-state index contributed by atoms with van der Waals surface area (Å²) in [5, 5.41) is 0. The number of unbranched alkanes of at least 4 members (excludes halogenated alkanes) is 1. The lowest BCUT2D eigenvalue weighted by Crippen LogP contribution is -2.41. The van der Waals surface area contributed by atoms with Crippen molar-refractivity contribution in [3.63, 3.8) is 0 Å². The summed E-state index contributed by atoms with van der Waals surface area (Å²) in [6.45, 7) is 4.79. The Kier molecular flexibility index (Phi) is 5.89. The van der Waals surface area contributed by atoms with Crippen LogP contribution in [0, 0.1) is 5.92 Å². The number of fused-ring (bicyclic) bond motifs is 1. The Morgan fingerprint density at radius 3 is 2.84 bits per heavy atom. The van der Waals surface area contributed by atoms with Gasteiger partial charge < -0.3 is 9.80 Å². The van der Waals surface area contributed by atoms with E-state index < -0.39 is 0 Å². The van der Waals surface area contributed by atoms with Crippen LogP contribution in [0.15, 0.2) is 29.0 Å². The molecule has 6 heteroatoms. The molecule has 1 fully saturated rings. The largest absolute Gasteiger partial charge is 0.370 e. The van der Waals surface area contributed by atoms with Crippen molar-refractivity contribution < 1.29 is 4.79 Å². The van der Waals surface area contributed by atoms with Crippen LogP contribution >= 0.6 is 15.9 Å². The maximum absolute atomic E-state index is 12.6. The molecule has 0 bridgehead atoms. The zero-order valence-electron chi connectivity index (χ0n) is 14.9. The molecule has 2 aromatic rings. The number of hydrogen-bond donors (Lipinski definition) is 0. The molecule has 0 aromatic carbocycles. The maximum atomic E-state index is 12.6. The van der Waals surface area contributed by atoms with Crippen molar-refractivity contribution in [2.24, 2.45) is 5.92 Å². The van der Waals surface area contributed by atoms with Crippen molar-refractivity contribution in [3.05, 3.63) is 29.0 Å². The number of amides is 1. The fourth-order valence-electron chi connectivity index (χ4n) is 3.43. The Morgan fingerprint density at radius 2 is 2.12 bits per heavy atom. The van der Waals surface area contributed by atoms with E-state index in [2.05, 4.69) is 37.7 Å². The van der Waals surface area contributed by atoms with Crippen molar-refractivity contribution in [1.82, 2.24) is 14.9 Å². The summed E-state index contributed by atoms with van der Waals surface area (Å²) in [6, 6.07) is 4.02. The molecule has 25 heavy (non-hydrogen) atoms. The minimum atomic E-state index is 0.147. The van der Waals surface area contributed by atoms with E-state index in [-0.39, 0.29) is 5.92 Å². The van der Waals surface area contributed by atoms with Crippen LogP contribution < -0.4 is 4.90 Å². The van der Waals surface area contributed by atoms with Gasteiger partial charge in [-0.15, -0.1) is 0 Å². The number of carbonyl (C=O) groups excluding carboxylic acids is 1. The first-order valence-corrected chi connectivity index (χ1v) is 9.79. The lowest BCUT2D eigenvalue weighted by Gasteiger charge is -2.34. The summed E-state index contributed by atoms with van der Waals surface area (Å²) < 4.78 is 0.934. The Balaban J connectivity index is 1.68. The molecule has 1 aliphatic heterocycles. The van der Waals surface area contributed by atoms with E-state index in [0.29, 0.717) is 5.91 Å². The maximum Gasteiger partial charge on any atom is 0.225 e. The van der Waals surface area contributed by atoms with Crippen molar-refractivity contribution in [2.75, 3.05) is 31.6 Å². The lowest BCUT2D eigenvalue weighted by molar-refractivity contribution is -0.134. The number of rotatable bonds is 5. The minimum absolute atomic E-state index is 0.147. The zero-order chi connectivity index (χ0) is 17.8. The molecule has 134 valence electrons. The third-order valence-corrected chi connectivity index (χ3v) is 5.36. The van der Waals surface area contributed by atoms with Crippen molar-refractivity contribution in [3.8, 4) is 0 Å². The highest BCUT2D eigenvalue weighted by Gasteiger charge is 2.27. The highest BCUT2D eigenvalue weighted by atomic mass is 79.9. The molecule has 3 rings (SSSR count). The topological polar surface area (TPSA) is 49.3 Å². The fraction of sp³-hybridized carbons (Fsp3) is 0.526. The van der Waals surface area contributed by atoms with E-state index in [1.807, 2.05) is 36.5 Å². The fourth-order valence-corrected chi connectivity index (χ4v) is 3.75. The predicted octanol–water partition coefficient (Wildman–Crippen LogP) is 3.87. The number of carbonyl (C=O) groups is 1. The summed E-state index contributed by atoms with van der Waals surface area (Å²) in [6.07, 6.45) is 7.64. The monoisotopic (exact) mass is 404 g/mol. The van der Waals surface area contributed by atoms with E-state index in [9.17, 15) is 4.79 Å². The molecule has 0 N–H and O–H groups in total. The first kappa shape index (κ1) is 18.1. The first-order chi connectivity index (χ1) is 12.1. The third kappa shape index (κ3) is 4.11. The van der Waals surface area contributed by atoms with Crippen LogP contribution in [0.1, 0.15) is 32.6 Å².